The predicted octanol–water partition coefficient (Wildman–Crippen LogP) is 6.15. The van der Waals surface area contributed by atoms with E-state index < -0.39 is 5.97 Å². The molecule has 0 saturated carbocycles. The number of aromatic carboxylic acids is 1. The molecule has 1 saturated heterocycles. The van der Waals surface area contributed by atoms with E-state index >= 15 is 0 Å². The molecule has 0 amide bonds. The van der Waals surface area contributed by atoms with Gasteiger partial charge in [-0.2, -0.15) is 9.78 Å². The summed E-state index contributed by atoms with van der Waals surface area (Å²) in [5.74, 6) is 0.298. The lowest BCUT2D eigenvalue weighted by molar-refractivity contribution is 0.0689. The van der Waals surface area contributed by atoms with Crippen LogP contribution in [0.3, 0.4) is 0 Å². The van der Waals surface area contributed by atoms with Gasteiger partial charge in [0.15, 0.2) is 5.82 Å². The van der Waals surface area contributed by atoms with Gasteiger partial charge in [-0.25, -0.2) is 9.78 Å². The molecule has 2 aliphatic heterocycles. The molecule has 2 unspecified atom stereocenters. The summed E-state index contributed by atoms with van der Waals surface area (Å²) in [7, 11) is 0. The van der Waals surface area contributed by atoms with Gasteiger partial charge in [-0.3, -0.25) is 4.90 Å². The highest BCUT2D eigenvalue weighted by Crippen LogP contribution is 2.35. The summed E-state index contributed by atoms with van der Waals surface area (Å²) in [5, 5.41) is 14.1. The lowest BCUT2D eigenvalue weighted by Crippen LogP contribution is -2.39. The molecule has 44 heavy (non-hydrogen) atoms. The Morgan fingerprint density at radius 3 is 2.77 bits per heavy atom. The largest absolute Gasteiger partial charge is 0.488 e. The number of carbonyl (C=O) groups is 1. The van der Waals surface area contributed by atoms with E-state index in [1.165, 1.54) is 33.1 Å². The van der Waals surface area contributed by atoms with E-state index in [0.29, 0.717) is 24.2 Å². The molecule has 0 spiro atoms. The third-order valence-electron chi connectivity index (χ3n) is 8.91. The lowest BCUT2D eigenvalue weighted by Gasteiger charge is -2.34. The van der Waals surface area contributed by atoms with Crippen LogP contribution in [0, 0.1) is 13.8 Å². The third-order valence-corrected chi connectivity index (χ3v) is 8.91. The topological polar surface area (TPSA) is 98.9 Å². The predicted molar refractivity (Wildman–Crippen MR) is 168 cm³/mol. The van der Waals surface area contributed by atoms with Gasteiger partial charge < -0.3 is 19.3 Å². The van der Waals surface area contributed by atoms with Crippen molar-refractivity contribution in [2.45, 2.75) is 72.3 Å². The maximum atomic E-state index is 11.9. The number of benzene rings is 2. The molecule has 9 nitrogen and oxygen atoms in total. The minimum absolute atomic E-state index is 0.00207. The molecule has 6 rings (SSSR count). The number of pyridine rings is 1. The summed E-state index contributed by atoms with van der Waals surface area (Å²) in [4.78, 5) is 19.3. The van der Waals surface area contributed by atoms with Gasteiger partial charge in [0.25, 0.3) is 0 Å². The number of carboxylic acids is 1. The second-order valence-corrected chi connectivity index (χ2v) is 11.8. The number of ether oxygens (including phenoxy) is 3. The highest BCUT2D eigenvalue weighted by atomic mass is 16.5. The summed E-state index contributed by atoms with van der Waals surface area (Å²) in [6.07, 6.45) is 4.00. The molecule has 0 bridgehead atoms. The van der Waals surface area contributed by atoms with Crippen molar-refractivity contribution in [3.05, 3.63) is 88.1 Å². The molecular weight excluding hydrogens is 556 g/mol. The fraction of sp³-hybridized carbons (Fsp3) is 0.400. The highest BCUT2D eigenvalue weighted by molar-refractivity contribution is 5.90. The maximum absolute atomic E-state index is 11.9. The zero-order valence-electron chi connectivity index (χ0n) is 25.9. The van der Waals surface area contributed by atoms with Gasteiger partial charge in [0.05, 0.1) is 24.6 Å². The quantitative estimate of drug-likeness (QED) is 0.233. The van der Waals surface area contributed by atoms with Crippen LogP contribution in [-0.4, -0.2) is 62.6 Å². The molecule has 4 heterocycles. The molecule has 0 aliphatic carbocycles. The van der Waals surface area contributed by atoms with Gasteiger partial charge in [-0.05, 0) is 86.1 Å². The van der Waals surface area contributed by atoms with Crippen molar-refractivity contribution >= 4 is 5.97 Å². The first-order chi connectivity index (χ1) is 21.3. The Balaban J connectivity index is 1.26. The molecule has 2 aromatic heterocycles. The molecule has 230 valence electrons. The second-order valence-electron chi connectivity index (χ2n) is 11.8. The Kier molecular flexibility index (Phi) is 8.68. The van der Waals surface area contributed by atoms with Crippen LogP contribution in [0.2, 0.25) is 0 Å². The number of aromatic nitrogens is 3. The van der Waals surface area contributed by atoms with E-state index in [1.54, 1.807) is 6.07 Å². The van der Waals surface area contributed by atoms with E-state index in [0.717, 1.165) is 62.4 Å². The number of hydrogen-bond acceptors (Lipinski definition) is 7. The van der Waals surface area contributed by atoms with Crippen LogP contribution >= 0.6 is 0 Å². The van der Waals surface area contributed by atoms with Gasteiger partial charge >= 0.3 is 5.97 Å². The normalized spacial score (nSPS) is 17.3. The summed E-state index contributed by atoms with van der Waals surface area (Å²) < 4.78 is 19.6. The fourth-order valence-electron chi connectivity index (χ4n) is 6.11. The number of rotatable bonds is 10. The van der Waals surface area contributed by atoms with E-state index in [-0.39, 0.29) is 17.5 Å². The molecule has 0 radical (unpaired) electrons. The zero-order valence-corrected chi connectivity index (χ0v) is 25.9. The van der Waals surface area contributed by atoms with Crippen LogP contribution in [0.4, 0.5) is 0 Å². The van der Waals surface area contributed by atoms with E-state index in [1.807, 2.05) is 51.1 Å². The molecule has 2 aliphatic rings. The smallest absolute Gasteiger partial charge is 0.342 e. The van der Waals surface area contributed by atoms with Crippen molar-refractivity contribution in [1.29, 1.82) is 0 Å². The fourth-order valence-corrected chi connectivity index (χ4v) is 6.11. The molecule has 2 atom stereocenters. The number of nitrogens with zero attached hydrogens (tertiary/aromatic N) is 4. The lowest BCUT2D eigenvalue weighted by atomic mass is 9.91. The average Bonchev–Trinajstić information content (AvgIpc) is 3.72. The van der Waals surface area contributed by atoms with Crippen molar-refractivity contribution in [3.63, 3.8) is 0 Å². The van der Waals surface area contributed by atoms with Gasteiger partial charge in [0.2, 0.25) is 5.88 Å². The SMILES string of the molecule is CCC(C)Oc1c(C(=O)O)cnn1-c1cccc(-c2cccc(C)c2OCc2ccc3c(c2C)CCN(C2CCOC2)C3)n1. The van der Waals surface area contributed by atoms with E-state index in [4.69, 9.17) is 19.2 Å². The highest BCUT2D eigenvalue weighted by Gasteiger charge is 2.28. The molecule has 1 N–H and O–H groups in total. The third kappa shape index (κ3) is 5.94. The van der Waals surface area contributed by atoms with Crippen LogP contribution in [0.25, 0.3) is 17.1 Å². The summed E-state index contributed by atoms with van der Waals surface area (Å²) >= 11 is 0. The molecule has 2 aromatic carbocycles. The van der Waals surface area contributed by atoms with Crippen molar-refractivity contribution in [3.8, 4) is 28.7 Å². The van der Waals surface area contributed by atoms with Crippen LogP contribution in [0.15, 0.2) is 54.7 Å². The monoisotopic (exact) mass is 596 g/mol. The first-order valence-corrected chi connectivity index (χ1v) is 15.4. The first kappa shape index (κ1) is 29.8. The van der Waals surface area contributed by atoms with Gasteiger partial charge in [-0.15, -0.1) is 0 Å². The summed E-state index contributed by atoms with van der Waals surface area (Å²) in [5.41, 5.74) is 7.89. The van der Waals surface area contributed by atoms with Crippen molar-refractivity contribution in [2.75, 3.05) is 19.8 Å². The molecule has 1 fully saturated rings. The van der Waals surface area contributed by atoms with Crippen LogP contribution in [0.1, 0.15) is 64.9 Å². The first-order valence-electron chi connectivity index (χ1n) is 15.4. The Morgan fingerprint density at radius 1 is 1.16 bits per heavy atom. The van der Waals surface area contributed by atoms with Gasteiger partial charge in [0, 0.05) is 31.3 Å². The molecule has 4 aromatic rings. The number of hydrogen-bond donors (Lipinski definition) is 1. The van der Waals surface area contributed by atoms with Gasteiger partial charge in [-0.1, -0.05) is 37.3 Å². The molecular formula is C35H40N4O5. The van der Waals surface area contributed by atoms with Crippen molar-refractivity contribution < 1.29 is 24.1 Å². The Morgan fingerprint density at radius 2 is 2.00 bits per heavy atom. The number of aryl methyl sites for hydroxylation is 1. The van der Waals surface area contributed by atoms with Crippen LogP contribution in [0.5, 0.6) is 11.6 Å². The van der Waals surface area contributed by atoms with Crippen molar-refractivity contribution in [2.24, 2.45) is 0 Å². The van der Waals surface area contributed by atoms with Gasteiger partial charge in [0.1, 0.15) is 17.9 Å². The maximum Gasteiger partial charge on any atom is 0.342 e. The van der Waals surface area contributed by atoms with E-state index in [2.05, 4.69) is 29.1 Å². The average molecular weight is 597 g/mol. The summed E-state index contributed by atoms with van der Waals surface area (Å²) in [6.45, 7) is 12.3. The Hall–Kier alpha value is -4.21. The number of para-hydroxylation sites is 1. The van der Waals surface area contributed by atoms with E-state index in [9.17, 15) is 9.90 Å². The summed E-state index contributed by atoms with van der Waals surface area (Å²) in [6, 6.07) is 16.6. The number of fused-ring (bicyclic) bond motifs is 1. The van der Waals surface area contributed by atoms with Crippen LogP contribution < -0.4 is 9.47 Å². The van der Waals surface area contributed by atoms with Crippen LogP contribution in [-0.2, 0) is 24.3 Å². The zero-order chi connectivity index (χ0) is 30.8. The molecule has 9 heteroatoms. The Labute approximate surface area is 258 Å². The minimum Gasteiger partial charge on any atom is -0.488 e. The number of carboxylic acid groups (broad SMARTS) is 1. The van der Waals surface area contributed by atoms with Crippen molar-refractivity contribution in [1.82, 2.24) is 19.7 Å². The second kappa shape index (κ2) is 12.8. The minimum atomic E-state index is -1.10. The standard InChI is InChI=1S/C35H40N4O5/c1-5-23(3)44-34-30(35(40)41)18-36-39(34)32-11-7-10-31(37-32)29-9-6-8-22(2)33(29)43-20-26-13-12-25-19-38(27-15-17-42-21-27)16-14-28(25)24(26)4/h6-13,18,23,27H,5,14-17,19-21H2,1-4H3,(H,40,41). The Bertz CT molecular complexity index is 1660.